The van der Waals surface area contributed by atoms with Crippen molar-refractivity contribution in [2.24, 2.45) is 0 Å². The van der Waals surface area contributed by atoms with E-state index in [1.807, 2.05) is 30.0 Å². The van der Waals surface area contributed by atoms with Crippen LogP contribution in [0.15, 0.2) is 24.3 Å². The molecule has 0 radical (unpaired) electrons. The van der Waals surface area contributed by atoms with E-state index >= 15 is 0 Å². The van der Waals surface area contributed by atoms with Crippen molar-refractivity contribution in [1.29, 1.82) is 0 Å². The zero-order valence-electron chi connectivity index (χ0n) is 11.5. The summed E-state index contributed by atoms with van der Waals surface area (Å²) >= 11 is 0. The van der Waals surface area contributed by atoms with Crippen molar-refractivity contribution in [3.8, 4) is 0 Å². The fraction of sp³-hybridized carbons (Fsp3) is 0.467. The maximum Gasteiger partial charge on any atom is 0.251 e. The van der Waals surface area contributed by atoms with Gasteiger partial charge >= 0.3 is 0 Å². The van der Waals surface area contributed by atoms with Gasteiger partial charge in [0.25, 0.3) is 5.91 Å². The Hall–Kier alpha value is -1.84. The third-order valence-electron chi connectivity index (χ3n) is 3.31. The predicted molar refractivity (Wildman–Crippen MR) is 73.9 cm³/mol. The van der Waals surface area contributed by atoms with Crippen LogP contribution in [0, 0.1) is 6.92 Å². The first-order chi connectivity index (χ1) is 9.08. The van der Waals surface area contributed by atoms with E-state index in [1.54, 1.807) is 13.0 Å². The molecule has 0 spiro atoms. The Labute approximate surface area is 113 Å². The van der Waals surface area contributed by atoms with Gasteiger partial charge in [0.05, 0.1) is 0 Å². The van der Waals surface area contributed by atoms with Gasteiger partial charge in [0.15, 0.2) is 0 Å². The Balaban J connectivity index is 1.82. The van der Waals surface area contributed by atoms with E-state index in [-0.39, 0.29) is 11.8 Å². The number of nitrogens with zero attached hydrogens (tertiary/aromatic N) is 1. The Bertz CT molecular complexity index is 481. The molecule has 0 unspecified atom stereocenters. The highest BCUT2D eigenvalue weighted by Gasteiger charge is 2.30. The number of aryl methyl sites for hydroxylation is 1. The topological polar surface area (TPSA) is 49.4 Å². The maximum atomic E-state index is 11.9. The van der Waals surface area contributed by atoms with Gasteiger partial charge in [-0.05, 0) is 31.9 Å². The number of rotatable bonds is 5. The number of amides is 2. The van der Waals surface area contributed by atoms with Crippen LogP contribution in [-0.2, 0) is 4.79 Å². The zero-order chi connectivity index (χ0) is 13.8. The summed E-state index contributed by atoms with van der Waals surface area (Å²) in [5.74, 6) is 0.00954. The monoisotopic (exact) mass is 260 g/mol. The molecule has 1 aromatic rings. The third-order valence-corrected chi connectivity index (χ3v) is 3.31. The second-order valence-electron chi connectivity index (χ2n) is 5.07. The lowest BCUT2D eigenvalue weighted by molar-refractivity contribution is -0.129. The summed E-state index contributed by atoms with van der Waals surface area (Å²) in [6.07, 6.45) is 2.18. The van der Waals surface area contributed by atoms with Crippen molar-refractivity contribution in [2.75, 3.05) is 13.1 Å². The quantitative estimate of drug-likeness (QED) is 0.876. The number of carbonyl (C=O) groups is 2. The van der Waals surface area contributed by atoms with E-state index in [1.165, 1.54) is 0 Å². The van der Waals surface area contributed by atoms with E-state index in [4.69, 9.17) is 0 Å². The first-order valence-corrected chi connectivity index (χ1v) is 6.70. The van der Waals surface area contributed by atoms with E-state index in [0.29, 0.717) is 24.7 Å². The van der Waals surface area contributed by atoms with Crippen LogP contribution in [0.2, 0.25) is 0 Å². The molecular formula is C15H20N2O2. The number of carbonyl (C=O) groups excluding carboxylic acids is 2. The molecule has 4 nitrogen and oxygen atoms in total. The zero-order valence-corrected chi connectivity index (χ0v) is 11.5. The largest absolute Gasteiger partial charge is 0.350 e. The van der Waals surface area contributed by atoms with Crippen LogP contribution >= 0.6 is 0 Å². The molecule has 0 saturated heterocycles. The molecule has 102 valence electrons. The minimum absolute atomic E-state index is 0.0806. The van der Waals surface area contributed by atoms with Crippen molar-refractivity contribution in [2.45, 2.75) is 32.7 Å². The summed E-state index contributed by atoms with van der Waals surface area (Å²) in [4.78, 5) is 25.2. The van der Waals surface area contributed by atoms with E-state index < -0.39 is 0 Å². The average molecular weight is 260 g/mol. The SMILES string of the molecule is CC(=O)N(CCNC(=O)c1cccc(C)c1)C1CC1. The molecule has 2 rings (SSSR count). The summed E-state index contributed by atoms with van der Waals surface area (Å²) in [7, 11) is 0. The summed E-state index contributed by atoms with van der Waals surface area (Å²) in [5, 5.41) is 2.86. The lowest BCUT2D eigenvalue weighted by atomic mass is 10.1. The standard InChI is InChI=1S/C15H20N2O2/c1-11-4-3-5-13(10-11)15(19)16-8-9-17(12(2)18)14-6-7-14/h3-5,10,14H,6-9H2,1-2H3,(H,16,19). The average Bonchev–Trinajstić information content (AvgIpc) is 3.18. The van der Waals surface area contributed by atoms with Gasteiger partial charge in [0.2, 0.25) is 5.91 Å². The Kier molecular flexibility index (Phi) is 4.20. The highest BCUT2D eigenvalue weighted by Crippen LogP contribution is 2.26. The second-order valence-corrected chi connectivity index (χ2v) is 5.07. The van der Waals surface area contributed by atoms with Gasteiger partial charge in [0, 0.05) is 31.6 Å². The van der Waals surface area contributed by atoms with Crippen molar-refractivity contribution in [3.05, 3.63) is 35.4 Å². The Morgan fingerprint density at radius 3 is 2.68 bits per heavy atom. The van der Waals surface area contributed by atoms with Gasteiger partial charge < -0.3 is 10.2 Å². The van der Waals surface area contributed by atoms with Crippen molar-refractivity contribution in [3.63, 3.8) is 0 Å². The summed E-state index contributed by atoms with van der Waals surface area (Å²) in [6.45, 7) is 4.64. The molecule has 0 aliphatic heterocycles. The van der Waals surface area contributed by atoms with Crippen LogP contribution < -0.4 is 5.32 Å². The molecule has 0 heterocycles. The number of hydrogen-bond acceptors (Lipinski definition) is 2. The predicted octanol–water partition coefficient (Wildman–Crippen LogP) is 1.74. The van der Waals surface area contributed by atoms with Crippen molar-refractivity contribution < 1.29 is 9.59 Å². The molecule has 19 heavy (non-hydrogen) atoms. The Morgan fingerprint density at radius 1 is 1.37 bits per heavy atom. The van der Waals surface area contributed by atoms with Crippen LogP contribution in [0.5, 0.6) is 0 Å². The van der Waals surface area contributed by atoms with E-state index in [2.05, 4.69) is 5.32 Å². The third kappa shape index (κ3) is 3.81. The van der Waals surface area contributed by atoms with Gasteiger partial charge in [-0.3, -0.25) is 9.59 Å². The van der Waals surface area contributed by atoms with Crippen molar-refractivity contribution >= 4 is 11.8 Å². The smallest absolute Gasteiger partial charge is 0.251 e. The minimum atomic E-state index is -0.0806. The van der Waals surface area contributed by atoms with Crippen LogP contribution in [0.4, 0.5) is 0 Å². The fourth-order valence-electron chi connectivity index (χ4n) is 2.16. The van der Waals surface area contributed by atoms with Crippen LogP contribution in [0.1, 0.15) is 35.7 Å². The molecule has 0 bridgehead atoms. The molecule has 4 heteroatoms. The van der Waals surface area contributed by atoms with Gasteiger partial charge in [-0.2, -0.15) is 0 Å². The lowest BCUT2D eigenvalue weighted by Gasteiger charge is -2.20. The molecular weight excluding hydrogens is 240 g/mol. The number of benzene rings is 1. The van der Waals surface area contributed by atoms with Crippen molar-refractivity contribution in [1.82, 2.24) is 10.2 Å². The number of hydrogen-bond donors (Lipinski definition) is 1. The molecule has 0 atom stereocenters. The normalized spacial score (nSPS) is 14.0. The maximum absolute atomic E-state index is 11.9. The van der Waals surface area contributed by atoms with Gasteiger partial charge in [-0.15, -0.1) is 0 Å². The van der Waals surface area contributed by atoms with Crippen LogP contribution in [0.25, 0.3) is 0 Å². The number of nitrogens with one attached hydrogen (secondary N) is 1. The summed E-state index contributed by atoms with van der Waals surface area (Å²) < 4.78 is 0. The molecule has 1 aliphatic rings. The van der Waals surface area contributed by atoms with Crippen LogP contribution in [-0.4, -0.2) is 35.8 Å². The summed E-state index contributed by atoms with van der Waals surface area (Å²) in [6, 6.07) is 7.89. The highest BCUT2D eigenvalue weighted by atomic mass is 16.2. The molecule has 1 saturated carbocycles. The molecule has 1 fully saturated rings. The fourth-order valence-corrected chi connectivity index (χ4v) is 2.16. The van der Waals surface area contributed by atoms with Gasteiger partial charge in [-0.1, -0.05) is 17.7 Å². The molecule has 1 aromatic carbocycles. The van der Waals surface area contributed by atoms with E-state index in [9.17, 15) is 9.59 Å². The minimum Gasteiger partial charge on any atom is -0.350 e. The van der Waals surface area contributed by atoms with Crippen LogP contribution in [0.3, 0.4) is 0 Å². The first kappa shape index (κ1) is 13.6. The second kappa shape index (κ2) is 5.87. The molecule has 0 aromatic heterocycles. The Morgan fingerprint density at radius 2 is 2.11 bits per heavy atom. The molecule has 1 N–H and O–H groups in total. The van der Waals surface area contributed by atoms with E-state index in [0.717, 1.165) is 18.4 Å². The lowest BCUT2D eigenvalue weighted by Crippen LogP contribution is -2.38. The molecule has 1 aliphatic carbocycles. The van der Waals surface area contributed by atoms with Gasteiger partial charge in [0.1, 0.15) is 0 Å². The molecule has 2 amide bonds. The first-order valence-electron chi connectivity index (χ1n) is 6.70. The summed E-state index contributed by atoms with van der Waals surface area (Å²) in [5.41, 5.74) is 1.73. The highest BCUT2D eigenvalue weighted by molar-refractivity contribution is 5.94. The van der Waals surface area contributed by atoms with Gasteiger partial charge in [-0.25, -0.2) is 0 Å².